The fourth-order valence-corrected chi connectivity index (χ4v) is 1.68. The smallest absolute Gasteiger partial charge is 0.325 e. The molecule has 0 aliphatic carbocycles. The van der Waals surface area contributed by atoms with Gasteiger partial charge >= 0.3 is 5.97 Å². The van der Waals surface area contributed by atoms with Gasteiger partial charge < -0.3 is 19.9 Å². The third kappa shape index (κ3) is 5.02. The number of nitrogens with two attached hydrogens (primary N) is 1. The predicted octanol–water partition coefficient (Wildman–Crippen LogP) is 0.853. The standard InChI is InChI=1S/C12H23NO4/c1-3-16-11(14)12(2,13)6-9-17-10-4-7-15-8-5-10/h10H,3-9,13H2,1-2H3. The van der Waals surface area contributed by atoms with E-state index < -0.39 is 5.54 Å². The quantitative estimate of drug-likeness (QED) is 0.702. The molecule has 1 unspecified atom stereocenters. The van der Waals surface area contributed by atoms with Gasteiger partial charge in [-0.1, -0.05) is 0 Å². The number of hydrogen-bond donors (Lipinski definition) is 1. The molecule has 1 heterocycles. The number of esters is 1. The molecule has 0 spiro atoms. The summed E-state index contributed by atoms with van der Waals surface area (Å²) in [5.74, 6) is -0.365. The number of carbonyl (C=O) groups excluding carboxylic acids is 1. The molecule has 5 nitrogen and oxygen atoms in total. The van der Waals surface area contributed by atoms with E-state index in [1.54, 1.807) is 13.8 Å². The summed E-state index contributed by atoms with van der Waals surface area (Å²) >= 11 is 0. The Kier molecular flexibility index (Phi) is 5.88. The number of rotatable bonds is 6. The zero-order valence-electron chi connectivity index (χ0n) is 10.7. The first-order valence-electron chi connectivity index (χ1n) is 6.21. The first-order valence-corrected chi connectivity index (χ1v) is 6.21. The second kappa shape index (κ2) is 6.93. The van der Waals surface area contributed by atoms with Crippen LogP contribution in [0.2, 0.25) is 0 Å². The molecule has 100 valence electrons. The van der Waals surface area contributed by atoms with Crippen LogP contribution < -0.4 is 5.73 Å². The van der Waals surface area contributed by atoms with Crippen molar-refractivity contribution in [1.29, 1.82) is 0 Å². The molecule has 0 aromatic carbocycles. The van der Waals surface area contributed by atoms with Gasteiger partial charge in [-0.3, -0.25) is 4.79 Å². The molecule has 1 saturated heterocycles. The lowest BCUT2D eigenvalue weighted by atomic mass is 10.0. The highest BCUT2D eigenvalue weighted by Gasteiger charge is 2.30. The normalized spacial score (nSPS) is 20.9. The molecule has 2 N–H and O–H groups in total. The van der Waals surface area contributed by atoms with E-state index >= 15 is 0 Å². The molecule has 0 saturated carbocycles. The lowest BCUT2D eigenvalue weighted by Crippen LogP contribution is -2.47. The van der Waals surface area contributed by atoms with Crippen molar-refractivity contribution in [3.63, 3.8) is 0 Å². The van der Waals surface area contributed by atoms with Crippen molar-refractivity contribution in [1.82, 2.24) is 0 Å². The second-order valence-electron chi connectivity index (χ2n) is 4.57. The van der Waals surface area contributed by atoms with Crippen LogP contribution in [0.4, 0.5) is 0 Å². The third-order valence-corrected chi connectivity index (χ3v) is 2.89. The Bertz CT molecular complexity index is 237. The summed E-state index contributed by atoms with van der Waals surface area (Å²) in [6, 6.07) is 0. The average Bonchev–Trinajstić information content (AvgIpc) is 2.30. The summed E-state index contributed by atoms with van der Waals surface area (Å²) in [7, 11) is 0. The Morgan fingerprint density at radius 1 is 1.47 bits per heavy atom. The summed E-state index contributed by atoms with van der Waals surface area (Å²) < 4.78 is 15.8. The van der Waals surface area contributed by atoms with Crippen LogP contribution in [0.15, 0.2) is 0 Å². The van der Waals surface area contributed by atoms with E-state index in [-0.39, 0.29) is 12.1 Å². The summed E-state index contributed by atoms with van der Waals surface area (Å²) in [4.78, 5) is 11.5. The zero-order valence-corrected chi connectivity index (χ0v) is 10.7. The molecule has 1 rings (SSSR count). The Balaban J connectivity index is 2.21. The van der Waals surface area contributed by atoms with E-state index in [2.05, 4.69) is 0 Å². The number of carbonyl (C=O) groups is 1. The van der Waals surface area contributed by atoms with Crippen LogP contribution >= 0.6 is 0 Å². The Morgan fingerprint density at radius 3 is 2.71 bits per heavy atom. The van der Waals surface area contributed by atoms with E-state index in [0.29, 0.717) is 19.6 Å². The van der Waals surface area contributed by atoms with Gasteiger partial charge in [-0.05, 0) is 33.1 Å². The van der Waals surface area contributed by atoms with Crippen molar-refractivity contribution in [3.05, 3.63) is 0 Å². The number of hydrogen-bond acceptors (Lipinski definition) is 5. The van der Waals surface area contributed by atoms with E-state index in [0.717, 1.165) is 26.1 Å². The fourth-order valence-electron chi connectivity index (χ4n) is 1.68. The van der Waals surface area contributed by atoms with Gasteiger partial charge in [0.05, 0.1) is 12.7 Å². The topological polar surface area (TPSA) is 70.8 Å². The highest BCUT2D eigenvalue weighted by molar-refractivity contribution is 5.79. The Labute approximate surface area is 103 Å². The van der Waals surface area contributed by atoms with E-state index in [4.69, 9.17) is 19.9 Å². The molecule has 1 aliphatic rings. The van der Waals surface area contributed by atoms with Crippen molar-refractivity contribution in [2.24, 2.45) is 5.73 Å². The maximum Gasteiger partial charge on any atom is 0.325 e. The van der Waals surface area contributed by atoms with Crippen molar-refractivity contribution < 1.29 is 19.0 Å². The van der Waals surface area contributed by atoms with Gasteiger partial charge in [0.25, 0.3) is 0 Å². The van der Waals surface area contributed by atoms with Gasteiger partial charge in [0, 0.05) is 19.8 Å². The SMILES string of the molecule is CCOC(=O)C(C)(N)CCOC1CCOCC1. The van der Waals surface area contributed by atoms with E-state index in [1.807, 2.05) is 0 Å². The lowest BCUT2D eigenvalue weighted by molar-refractivity contribution is -0.150. The minimum Gasteiger partial charge on any atom is -0.465 e. The predicted molar refractivity (Wildman–Crippen MR) is 63.6 cm³/mol. The van der Waals surface area contributed by atoms with Crippen LogP contribution in [-0.4, -0.2) is 44.0 Å². The first kappa shape index (κ1) is 14.4. The van der Waals surface area contributed by atoms with Gasteiger partial charge in [-0.2, -0.15) is 0 Å². The van der Waals surface area contributed by atoms with E-state index in [9.17, 15) is 4.79 Å². The monoisotopic (exact) mass is 245 g/mol. The van der Waals surface area contributed by atoms with Crippen LogP contribution in [0.25, 0.3) is 0 Å². The highest BCUT2D eigenvalue weighted by Crippen LogP contribution is 2.14. The maximum atomic E-state index is 11.5. The molecule has 1 fully saturated rings. The molecule has 0 aromatic heterocycles. The molecular weight excluding hydrogens is 222 g/mol. The van der Waals surface area contributed by atoms with Gasteiger partial charge in [0.15, 0.2) is 0 Å². The Hall–Kier alpha value is -0.650. The summed E-state index contributed by atoms with van der Waals surface area (Å²) in [5.41, 5.74) is 4.93. The fraction of sp³-hybridized carbons (Fsp3) is 0.917. The Morgan fingerprint density at radius 2 is 2.12 bits per heavy atom. The molecule has 0 aromatic rings. The van der Waals surface area contributed by atoms with Crippen LogP contribution in [0, 0.1) is 0 Å². The lowest BCUT2D eigenvalue weighted by Gasteiger charge is -2.26. The molecule has 0 amide bonds. The molecule has 0 radical (unpaired) electrons. The van der Waals surface area contributed by atoms with Crippen LogP contribution in [-0.2, 0) is 19.0 Å². The van der Waals surface area contributed by atoms with Gasteiger partial charge in [-0.15, -0.1) is 0 Å². The van der Waals surface area contributed by atoms with Crippen molar-refractivity contribution in [2.45, 2.75) is 44.8 Å². The highest BCUT2D eigenvalue weighted by atomic mass is 16.5. The van der Waals surface area contributed by atoms with Gasteiger partial charge in [0.2, 0.25) is 0 Å². The number of ether oxygens (including phenoxy) is 3. The average molecular weight is 245 g/mol. The van der Waals surface area contributed by atoms with Crippen molar-refractivity contribution in [3.8, 4) is 0 Å². The van der Waals surface area contributed by atoms with Crippen LogP contribution in [0.1, 0.15) is 33.1 Å². The van der Waals surface area contributed by atoms with Crippen molar-refractivity contribution >= 4 is 5.97 Å². The van der Waals surface area contributed by atoms with E-state index in [1.165, 1.54) is 0 Å². The van der Waals surface area contributed by atoms with Crippen LogP contribution in [0.5, 0.6) is 0 Å². The van der Waals surface area contributed by atoms with Gasteiger partial charge in [-0.25, -0.2) is 0 Å². The summed E-state index contributed by atoms with van der Waals surface area (Å²) in [5, 5.41) is 0. The second-order valence-corrected chi connectivity index (χ2v) is 4.57. The van der Waals surface area contributed by atoms with Crippen LogP contribution in [0.3, 0.4) is 0 Å². The molecule has 5 heteroatoms. The maximum absolute atomic E-state index is 11.5. The zero-order chi connectivity index (χ0) is 12.7. The van der Waals surface area contributed by atoms with Gasteiger partial charge in [0.1, 0.15) is 5.54 Å². The largest absolute Gasteiger partial charge is 0.465 e. The summed E-state index contributed by atoms with van der Waals surface area (Å²) in [6.45, 7) is 5.79. The molecule has 1 atom stereocenters. The first-order chi connectivity index (χ1) is 8.06. The minimum absolute atomic E-state index is 0.238. The molecule has 1 aliphatic heterocycles. The summed E-state index contributed by atoms with van der Waals surface area (Å²) in [6.07, 6.45) is 2.55. The third-order valence-electron chi connectivity index (χ3n) is 2.89. The van der Waals surface area contributed by atoms with Crippen molar-refractivity contribution in [2.75, 3.05) is 26.4 Å². The molecular formula is C12H23NO4. The minimum atomic E-state index is -0.957. The molecule has 17 heavy (non-hydrogen) atoms. The molecule has 0 bridgehead atoms.